The summed E-state index contributed by atoms with van der Waals surface area (Å²) in [5, 5.41) is 30.0. The van der Waals surface area contributed by atoms with E-state index in [9.17, 15) is 20.1 Å². The van der Waals surface area contributed by atoms with E-state index in [0.29, 0.717) is 27.8 Å². The minimum atomic E-state index is -0.572. The van der Waals surface area contributed by atoms with Gasteiger partial charge in [0.05, 0.1) is 0 Å². The number of nitrogens with two attached hydrogens (primary N) is 1. The molecule has 124 valence electrons. The highest BCUT2D eigenvalue weighted by Crippen LogP contribution is 2.43. The summed E-state index contributed by atoms with van der Waals surface area (Å²) in [4.78, 5) is 11.8. The van der Waals surface area contributed by atoms with Crippen molar-refractivity contribution in [2.75, 3.05) is 5.73 Å². The zero-order valence-corrected chi connectivity index (χ0v) is 12.9. The Morgan fingerprint density at radius 2 is 1.64 bits per heavy atom. The molecule has 0 fully saturated rings. The fraction of sp³-hybridized carbons (Fsp3) is 0. The maximum Gasteiger partial charge on any atom is 0.223 e. The van der Waals surface area contributed by atoms with Gasteiger partial charge in [-0.2, -0.15) is 0 Å². The van der Waals surface area contributed by atoms with Crippen LogP contribution in [0.4, 0.5) is 5.69 Å². The fourth-order valence-electron chi connectivity index (χ4n) is 2.94. The van der Waals surface area contributed by atoms with Crippen molar-refractivity contribution in [1.82, 2.24) is 0 Å². The number of aromatic hydroxyl groups is 3. The van der Waals surface area contributed by atoms with Gasteiger partial charge >= 0.3 is 0 Å². The highest BCUT2D eigenvalue weighted by atomic mass is 16.3. The van der Waals surface area contributed by atoms with Crippen LogP contribution in [-0.2, 0) is 0 Å². The van der Waals surface area contributed by atoms with Gasteiger partial charge in [0.1, 0.15) is 11.3 Å². The van der Waals surface area contributed by atoms with Gasteiger partial charge in [-0.15, -0.1) is 0 Å². The molecule has 0 unspecified atom stereocenters. The van der Waals surface area contributed by atoms with Crippen LogP contribution in [0.2, 0.25) is 0 Å². The summed E-state index contributed by atoms with van der Waals surface area (Å²) in [6.45, 7) is 0. The smallest absolute Gasteiger partial charge is 0.223 e. The number of fused-ring (bicyclic) bond motifs is 2. The van der Waals surface area contributed by atoms with Gasteiger partial charge in [0.15, 0.2) is 17.2 Å². The molecule has 2 aromatic carbocycles. The summed E-state index contributed by atoms with van der Waals surface area (Å²) in [7, 11) is 0. The number of hydrogen-bond donors (Lipinski definition) is 4. The van der Waals surface area contributed by atoms with Crippen molar-refractivity contribution < 1.29 is 19.7 Å². The molecule has 0 saturated carbocycles. The Kier molecular flexibility index (Phi) is 3.08. The molecule has 0 bridgehead atoms. The van der Waals surface area contributed by atoms with Crippen LogP contribution in [0.1, 0.15) is 0 Å². The van der Waals surface area contributed by atoms with Crippen LogP contribution < -0.4 is 11.2 Å². The first-order chi connectivity index (χ1) is 11.9. The average molecular weight is 335 g/mol. The van der Waals surface area contributed by atoms with Crippen LogP contribution in [0.15, 0.2) is 57.7 Å². The van der Waals surface area contributed by atoms with Crippen LogP contribution >= 0.6 is 0 Å². The van der Waals surface area contributed by atoms with Gasteiger partial charge in [-0.1, -0.05) is 12.1 Å². The minimum Gasteiger partial charge on any atom is -0.504 e. The van der Waals surface area contributed by atoms with Crippen molar-refractivity contribution in [3.8, 4) is 39.7 Å². The summed E-state index contributed by atoms with van der Waals surface area (Å²) in [5.41, 5.74) is 7.95. The standard InChI is InChI=1S/C19H13NO5/c20-10-3-1-2-9(4-10)19-11-5-13(21)15(23)7-17(11)25-18-8-16(24)14(22)6-12(18)19/h1-8,21-23H,20H2. The second kappa shape index (κ2) is 5.17. The Morgan fingerprint density at radius 1 is 0.880 bits per heavy atom. The SMILES string of the molecule is Nc1cccc(-c2c3cc(O)c(=O)cc-3oc3cc(O)c(O)cc23)c1. The lowest BCUT2D eigenvalue weighted by Gasteiger charge is -2.16. The Balaban J connectivity index is 2.24. The largest absolute Gasteiger partial charge is 0.504 e. The average Bonchev–Trinajstić information content (AvgIpc) is 2.56. The normalized spacial score (nSPS) is 11.2. The molecule has 0 atom stereocenters. The predicted molar refractivity (Wildman–Crippen MR) is 93.9 cm³/mol. The first kappa shape index (κ1) is 14.9. The van der Waals surface area contributed by atoms with Gasteiger partial charge < -0.3 is 25.5 Å². The van der Waals surface area contributed by atoms with E-state index in [1.807, 2.05) is 6.07 Å². The van der Waals surface area contributed by atoms with E-state index in [1.54, 1.807) is 18.2 Å². The Bertz CT molecular complexity index is 1160. The summed E-state index contributed by atoms with van der Waals surface area (Å²) in [5.74, 6) is -0.805. The number of hydrogen-bond acceptors (Lipinski definition) is 6. The van der Waals surface area contributed by atoms with Crippen LogP contribution in [0.25, 0.3) is 33.4 Å². The molecule has 6 nitrogen and oxygen atoms in total. The van der Waals surface area contributed by atoms with E-state index in [4.69, 9.17) is 10.2 Å². The zero-order chi connectivity index (χ0) is 17.7. The van der Waals surface area contributed by atoms with Crippen LogP contribution in [0.3, 0.4) is 0 Å². The number of rotatable bonds is 1. The van der Waals surface area contributed by atoms with Crippen molar-refractivity contribution >= 4 is 16.7 Å². The van der Waals surface area contributed by atoms with Crippen LogP contribution in [-0.4, -0.2) is 15.3 Å². The number of phenolic OH excluding ortho intramolecular Hbond substituents is 3. The lowest BCUT2D eigenvalue weighted by molar-refractivity contribution is 0.404. The molecule has 0 amide bonds. The van der Waals surface area contributed by atoms with Crippen molar-refractivity contribution in [3.63, 3.8) is 0 Å². The van der Waals surface area contributed by atoms with Crippen molar-refractivity contribution in [1.29, 1.82) is 0 Å². The van der Waals surface area contributed by atoms with Gasteiger partial charge in [-0.3, -0.25) is 4.79 Å². The quantitative estimate of drug-likeness (QED) is 0.241. The maximum absolute atomic E-state index is 11.8. The summed E-state index contributed by atoms with van der Waals surface area (Å²) in [6.07, 6.45) is 0. The van der Waals surface area contributed by atoms with E-state index in [1.165, 1.54) is 24.3 Å². The van der Waals surface area contributed by atoms with Gasteiger partial charge in [0, 0.05) is 34.3 Å². The summed E-state index contributed by atoms with van der Waals surface area (Å²) >= 11 is 0. The molecule has 1 aliphatic carbocycles. The molecule has 0 spiro atoms. The third kappa shape index (κ3) is 2.31. The Morgan fingerprint density at radius 3 is 2.40 bits per heavy atom. The lowest BCUT2D eigenvalue weighted by Crippen LogP contribution is -2.01. The molecule has 0 radical (unpaired) electrons. The monoisotopic (exact) mass is 335 g/mol. The molecular formula is C19H13NO5. The number of anilines is 1. The third-order valence-electron chi connectivity index (χ3n) is 4.07. The number of benzene rings is 3. The highest BCUT2D eigenvalue weighted by molar-refractivity contribution is 6.03. The van der Waals surface area contributed by atoms with Crippen LogP contribution in [0.5, 0.6) is 17.2 Å². The Labute approximate surface area is 141 Å². The first-order valence-electron chi connectivity index (χ1n) is 7.45. The zero-order valence-electron chi connectivity index (χ0n) is 12.9. The molecule has 25 heavy (non-hydrogen) atoms. The molecule has 0 saturated heterocycles. The molecule has 2 aliphatic rings. The van der Waals surface area contributed by atoms with Gasteiger partial charge in [0.2, 0.25) is 5.43 Å². The topological polar surface area (TPSA) is 117 Å². The summed E-state index contributed by atoms with van der Waals surface area (Å²) < 4.78 is 5.70. The molecule has 6 heteroatoms. The molecule has 4 rings (SSSR count). The molecule has 0 aromatic heterocycles. The molecule has 1 aliphatic heterocycles. The van der Waals surface area contributed by atoms with Crippen LogP contribution in [0, 0.1) is 0 Å². The van der Waals surface area contributed by atoms with Crippen molar-refractivity contribution in [3.05, 3.63) is 58.8 Å². The van der Waals surface area contributed by atoms with E-state index in [2.05, 4.69) is 0 Å². The molecule has 5 N–H and O–H groups in total. The number of phenols is 3. The van der Waals surface area contributed by atoms with Gasteiger partial charge in [0.25, 0.3) is 0 Å². The molecule has 1 heterocycles. The minimum absolute atomic E-state index is 0.248. The lowest BCUT2D eigenvalue weighted by atomic mass is 9.93. The first-order valence-corrected chi connectivity index (χ1v) is 7.45. The number of nitrogen functional groups attached to an aromatic ring is 1. The van der Waals surface area contributed by atoms with E-state index >= 15 is 0 Å². The highest BCUT2D eigenvalue weighted by Gasteiger charge is 2.20. The third-order valence-corrected chi connectivity index (χ3v) is 4.07. The van der Waals surface area contributed by atoms with Crippen molar-refractivity contribution in [2.45, 2.75) is 0 Å². The van der Waals surface area contributed by atoms with Gasteiger partial charge in [-0.25, -0.2) is 0 Å². The maximum atomic E-state index is 11.8. The van der Waals surface area contributed by atoms with Gasteiger partial charge in [-0.05, 0) is 29.8 Å². The summed E-state index contributed by atoms with van der Waals surface area (Å²) in [6, 6.07) is 12.2. The second-order valence-electron chi connectivity index (χ2n) is 5.76. The predicted octanol–water partition coefficient (Wildman–Crippen LogP) is 3.26. The Hall–Kier alpha value is -3.67. The molecule has 2 aromatic rings. The van der Waals surface area contributed by atoms with Crippen molar-refractivity contribution in [2.24, 2.45) is 0 Å². The fourth-order valence-corrected chi connectivity index (χ4v) is 2.94. The van der Waals surface area contributed by atoms with E-state index < -0.39 is 11.2 Å². The van der Waals surface area contributed by atoms with E-state index in [-0.39, 0.29) is 22.8 Å². The second-order valence-corrected chi connectivity index (χ2v) is 5.76. The molecular weight excluding hydrogens is 322 g/mol. The van der Waals surface area contributed by atoms with E-state index in [0.717, 1.165) is 0 Å².